The van der Waals surface area contributed by atoms with Crippen LogP contribution in [0.4, 0.5) is 23.2 Å². The fourth-order valence-corrected chi connectivity index (χ4v) is 5.77. The van der Waals surface area contributed by atoms with Crippen LogP contribution in [0.15, 0.2) is 60.1 Å². The third-order valence-electron chi connectivity index (χ3n) is 8.43. The molecule has 1 aliphatic carbocycles. The number of benzene rings is 2. The van der Waals surface area contributed by atoms with Gasteiger partial charge >= 0.3 is 6.18 Å². The van der Waals surface area contributed by atoms with E-state index in [9.17, 15) is 14.3 Å². The van der Waals surface area contributed by atoms with E-state index in [1.165, 1.54) is 37.6 Å². The molecule has 2 atom stereocenters. The number of carbonyl (C=O) groups excluding carboxylic acids is 1. The molecule has 240 valence electrons. The van der Waals surface area contributed by atoms with E-state index in [1.54, 1.807) is 7.05 Å². The van der Waals surface area contributed by atoms with Crippen LogP contribution in [0.3, 0.4) is 0 Å². The zero-order chi connectivity index (χ0) is 32.9. The normalized spacial score (nSPS) is 19.0. The van der Waals surface area contributed by atoms with Gasteiger partial charge in [-0.1, -0.05) is 0 Å². The molecule has 15 heteroatoms. The van der Waals surface area contributed by atoms with Crippen molar-refractivity contribution >= 4 is 17.8 Å². The van der Waals surface area contributed by atoms with Gasteiger partial charge in [0.1, 0.15) is 42.1 Å². The van der Waals surface area contributed by atoms with Crippen LogP contribution in [-0.2, 0) is 11.1 Å². The number of hydrogen-bond acceptors (Lipinski definition) is 9. The van der Waals surface area contributed by atoms with E-state index in [0.29, 0.717) is 18.4 Å². The molecule has 1 saturated carbocycles. The van der Waals surface area contributed by atoms with Gasteiger partial charge < -0.3 is 25.6 Å². The Morgan fingerprint density at radius 3 is 2.52 bits per heavy atom. The second kappa shape index (κ2) is 11.4. The quantitative estimate of drug-likeness (QED) is 0.142. The fourth-order valence-electron chi connectivity index (χ4n) is 5.77. The summed E-state index contributed by atoms with van der Waals surface area (Å²) in [5, 5.41) is 22.1. The third-order valence-corrected chi connectivity index (χ3v) is 8.43. The van der Waals surface area contributed by atoms with Crippen molar-refractivity contribution in [2.24, 2.45) is 10.9 Å². The molecule has 4 aromatic rings. The maximum Gasteiger partial charge on any atom is 0.419 e. The van der Waals surface area contributed by atoms with Crippen LogP contribution in [0.5, 0.6) is 11.5 Å². The molecule has 0 saturated heterocycles. The highest BCUT2D eigenvalue weighted by molar-refractivity contribution is 5.99. The van der Waals surface area contributed by atoms with Gasteiger partial charge in [0.05, 0.1) is 25.0 Å². The molecule has 2 aliphatic rings. The second-order valence-corrected chi connectivity index (χ2v) is 11.2. The number of hydrogen-bond donors (Lipinski definition) is 3. The Morgan fingerprint density at radius 2 is 1.91 bits per heavy atom. The van der Waals surface area contributed by atoms with Crippen molar-refractivity contribution in [3.63, 3.8) is 0 Å². The molecule has 11 nitrogen and oxygen atoms in total. The van der Waals surface area contributed by atoms with Crippen LogP contribution in [0.1, 0.15) is 40.0 Å². The van der Waals surface area contributed by atoms with Crippen LogP contribution in [0.2, 0.25) is 0 Å². The zero-order valence-corrected chi connectivity index (χ0v) is 24.7. The molecule has 4 N–H and O–H groups in total. The molecule has 0 radical (unpaired) electrons. The molecular weight excluding hydrogens is 610 g/mol. The Morgan fingerprint density at radius 1 is 1.22 bits per heavy atom. The average Bonchev–Trinajstić information content (AvgIpc) is 3.60. The van der Waals surface area contributed by atoms with Crippen LogP contribution in [0, 0.1) is 11.7 Å². The number of halogens is 4. The number of nitrogens with one attached hydrogen (secondary N) is 1. The lowest BCUT2D eigenvalue weighted by Crippen LogP contribution is -2.50. The predicted molar refractivity (Wildman–Crippen MR) is 158 cm³/mol. The summed E-state index contributed by atoms with van der Waals surface area (Å²) in [4.78, 5) is 22.0. The summed E-state index contributed by atoms with van der Waals surface area (Å²) in [6.07, 6.45) is -0.485. The largest absolute Gasteiger partial charge is 0.495 e. The van der Waals surface area contributed by atoms with Crippen LogP contribution in [0.25, 0.3) is 11.3 Å². The van der Waals surface area contributed by atoms with E-state index in [0.717, 1.165) is 35.4 Å². The second-order valence-electron chi connectivity index (χ2n) is 11.2. The van der Waals surface area contributed by atoms with Gasteiger partial charge in [0.15, 0.2) is 5.75 Å². The molecule has 0 unspecified atom stereocenters. The van der Waals surface area contributed by atoms with E-state index < -0.39 is 41.6 Å². The molecule has 1 fully saturated rings. The number of fused-ring (bicyclic) bond motifs is 1. The van der Waals surface area contributed by atoms with E-state index in [1.807, 2.05) is 0 Å². The van der Waals surface area contributed by atoms with Crippen molar-refractivity contribution in [3.05, 3.63) is 83.3 Å². The number of aromatic nitrogens is 4. The van der Waals surface area contributed by atoms with E-state index >= 15 is 13.2 Å². The molecule has 1 amide bonds. The van der Waals surface area contributed by atoms with E-state index in [4.69, 9.17) is 15.2 Å². The molecule has 46 heavy (non-hydrogen) atoms. The standard InChI is InChI=1S/C31H29F4N7O4/c1-37-12-19-9-18(10-23(45-2)25(19)36)28(43)38-13-29(44,20-5-6-20)24-11-22-27(26(41-24)17-3-7-21(32)8-4-17)46-14-30(22,31(33,34)35)42-15-39-40-16-42/h3-4,7-12,15-16,20,44H,5-6,13-14,36H2,1-2H3,(H,38,43)/t29-,30+/m1/s1. The third kappa shape index (κ3) is 5.09. The minimum absolute atomic E-state index is 0.0242. The van der Waals surface area contributed by atoms with Crippen molar-refractivity contribution in [2.75, 3.05) is 33.0 Å². The Labute approximate surface area is 260 Å². The lowest BCUT2D eigenvalue weighted by molar-refractivity contribution is -0.202. The summed E-state index contributed by atoms with van der Waals surface area (Å²) in [5.74, 6) is -1.53. The van der Waals surface area contributed by atoms with Crippen molar-refractivity contribution < 1.29 is 36.9 Å². The smallest absolute Gasteiger partial charge is 0.419 e. The van der Waals surface area contributed by atoms with Crippen molar-refractivity contribution in [3.8, 4) is 22.8 Å². The maximum absolute atomic E-state index is 15.1. The van der Waals surface area contributed by atoms with Gasteiger partial charge in [-0.25, -0.2) is 9.37 Å². The number of carbonyl (C=O) groups is 1. The first kappa shape index (κ1) is 31.0. The molecule has 2 aromatic carbocycles. The minimum atomic E-state index is -4.90. The van der Waals surface area contributed by atoms with Gasteiger partial charge in [0.2, 0.25) is 5.54 Å². The number of anilines is 1. The molecular formula is C31H29F4N7O4. The molecule has 0 bridgehead atoms. The Hall–Kier alpha value is -5.05. The summed E-state index contributed by atoms with van der Waals surface area (Å²) in [5.41, 5.74) is 2.11. The fraction of sp³-hybridized carbons (Fsp3) is 0.323. The first-order chi connectivity index (χ1) is 21.9. The Bertz CT molecular complexity index is 1810. The number of nitrogens with two attached hydrogens (primary N) is 1. The SMILES string of the molecule is CN=Cc1cc(C(=O)NC[C@](O)(c2cc3c(c(-c4ccc(F)cc4)n2)OC[C@@]3(n2cnnc2)C(F)(F)F)C2CC2)cc(OC)c1N. The Balaban J connectivity index is 1.46. The van der Waals surface area contributed by atoms with Crippen LogP contribution < -0.4 is 20.5 Å². The number of rotatable bonds is 9. The van der Waals surface area contributed by atoms with Crippen molar-refractivity contribution in [1.82, 2.24) is 25.1 Å². The van der Waals surface area contributed by atoms with Crippen LogP contribution >= 0.6 is 0 Å². The summed E-state index contributed by atoms with van der Waals surface area (Å²) in [6.45, 7) is -1.24. The number of methoxy groups -OCH3 is 1. The highest BCUT2D eigenvalue weighted by Gasteiger charge is 2.63. The van der Waals surface area contributed by atoms with E-state index in [-0.39, 0.29) is 51.8 Å². The number of aliphatic imine (C=N–C) groups is 1. The zero-order valence-electron chi connectivity index (χ0n) is 24.7. The molecule has 1 aliphatic heterocycles. The highest BCUT2D eigenvalue weighted by atomic mass is 19.4. The number of nitrogens with zero attached hydrogens (tertiary/aromatic N) is 5. The van der Waals surface area contributed by atoms with Crippen LogP contribution in [-0.4, -0.2) is 70.5 Å². The lowest BCUT2D eigenvalue weighted by Gasteiger charge is -2.33. The van der Waals surface area contributed by atoms with Gasteiger partial charge in [-0.2, -0.15) is 13.2 Å². The lowest BCUT2D eigenvalue weighted by atomic mass is 9.85. The minimum Gasteiger partial charge on any atom is -0.495 e. The van der Waals surface area contributed by atoms with Crippen molar-refractivity contribution in [2.45, 2.75) is 30.2 Å². The number of pyridine rings is 1. The molecule has 6 rings (SSSR count). The highest BCUT2D eigenvalue weighted by Crippen LogP contribution is 2.54. The summed E-state index contributed by atoms with van der Waals surface area (Å²) in [7, 11) is 2.94. The Kier molecular flexibility index (Phi) is 7.66. The molecule has 0 spiro atoms. The summed E-state index contributed by atoms with van der Waals surface area (Å²) in [6, 6.07) is 9.12. The first-order valence-electron chi connectivity index (χ1n) is 14.2. The molecule has 2 aromatic heterocycles. The van der Waals surface area contributed by atoms with Gasteiger partial charge in [-0.15, -0.1) is 10.2 Å². The average molecular weight is 640 g/mol. The maximum atomic E-state index is 15.1. The number of nitrogen functional groups attached to an aromatic ring is 1. The number of alkyl halides is 3. The number of ether oxygens (including phenoxy) is 2. The predicted octanol–water partition coefficient (Wildman–Crippen LogP) is 3.84. The van der Waals surface area contributed by atoms with Gasteiger partial charge in [0.25, 0.3) is 5.91 Å². The summed E-state index contributed by atoms with van der Waals surface area (Å²) < 4.78 is 70.9. The number of aliphatic hydroxyl groups is 1. The first-order valence-corrected chi connectivity index (χ1v) is 14.2. The monoisotopic (exact) mass is 639 g/mol. The van der Waals surface area contributed by atoms with Gasteiger partial charge in [0, 0.05) is 35.5 Å². The number of amides is 1. The molecule has 3 heterocycles. The topological polar surface area (TPSA) is 150 Å². The summed E-state index contributed by atoms with van der Waals surface area (Å²) >= 11 is 0. The van der Waals surface area contributed by atoms with Gasteiger partial charge in [-0.3, -0.25) is 14.4 Å². The van der Waals surface area contributed by atoms with Crippen molar-refractivity contribution in [1.29, 1.82) is 0 Å². The van der Waals surface area contributed by atoms with Gasteiger partial charge in [-0.05, 0) is 61.2 Å². The van der Waals surface area contributed by atoms with E-state index in [2.05, 4.69) is 25.5 Å².